The summed E-state index contributed by atoms with van der Waals surface area (Å²) < 4.78 is 0. The van der Waals surface area contributed by atoms with E-state index < -0.39 is 0 Å². The van der Waals surface area contributed by atoms with E-state index in [0.29, 0.717) is 6.04 Å². The van der Waals surface area contributed by atoms with Gasteiger partial charge in [0.15, 0.2) is 0 Å². The summed E-state index contributed by atoms with van der Waals surface area (Å²) in [5.74, 6) is 0. The monoisotopic (exact) mass is 284 g/mol. The van der Waals surface area contributed by atoms with E-state index in [-0.39, 0.29) is 0 Å². The minimum absolute atomic E-state index is 0.697. The predicted molar refractivity (Wildman–Crippen MR) is 87.5 cm³/mol. The molecule has 0 aromatic heterocycles. The number of piperidine rings is 2. The number of nitrogens with one attached hydrogen (secondary N) is 1. The summed E-state index contributed by atoms with van der Waals surface area (Å²) in [6.45, 7) is 0. The first kappa shape index (κ1) is 13.8. The summed E-state index contributed by atoms with van der Waals surface area (Å²) in [5.41, 5.74) is 3.26. The van der Waals surface area contributed by atoms with Crippen LogP contribution in [0.2, 0.25) is 0 Å². The smallest absolute Gasteiger partial charge is 0.0356 e. The van der Waals surface area contributed by atoms with Crippen molar-refractivity contribution in [3.63, 3.8) is 0 Å². The second-order valence-electron chi connectivity index (χ2n) is 7.25. The van der Waals surface area contributed by atoms with Crippen molar-refractivity contribution in [2.24, 2.45) is 0 Å². The van der Waals surface area contributed by atoms with E-state index in [1.54, 1.807) is 11.1 Å². The Kier molecular flexibility index (Phi) is 3.76. The van der Waals surface area contributed by atoms with Gasteiger partial charge in [0, 0.05) is 24.2 Å². The van der Waals surface area contributed by atoms with Crippen molar-refractivity contribution >= 4 is 0 Å². The summed E-state index contributed by atoms with van der Waals surface area (Å²) in [7, 11) is 2.14. The minimum Gasteiger partial charge on any atom is -0.317 e. The Bertz CT molecular complexity index is 484. The third-order valence-corrected chi connectivity index (χ3v) is 6.14. The van der Waals surface area contributed by atoms with E-state index in [9.17, 15) is 0 Å². The zero-order valence-electron chi connectivity index (χ0n) is 13.2. The second-order valence-corrected chi connectivity index (χ2v) is 7.25. The molecule has 2 nitrogen and oxygen atoms in total. The van der Waals surface area contributed by atoms with Crippen molar-refractivity contribution in [1.29, 1.82) is 0 Å². The molecular formula is C19H28N2. The first-order chi connectivity index (χ1) is 10.4. The molecule has 2 aliphatic heterocycles. The maximum Gasteiger partial charge on any atom is 0.0356 e. The highest BCUT2D eigenvalue weighted by Crippen LogP contribution is 2.44. The highest BCUT2D eigenvalue weighted by molar-refractivity contribution is 5.32. The van der Waals surface area contributed by atoms with Crippen LogP contribution in [0.1, 0.15) is 62.1 Å². The Morgan fingerprint density at radius 3 is 2.52 bits per heavy atom. The van der Waals surface area contributed by atoms with Crippen molar-refractivity contribution < 1.29 is 0 Å². The van der Waals surface area contributed by atoms with Gasteiger partial charge in [-0.05, 0) is 63.1 Å². The van der Waals surface area contributed by atoms with Gasteiger partial charge < -0.3 is 5.32 Å². The number of rotatable bonds is 2. The molecule has 2 heteroatoms. The van der Waals surface area contributed by atoms with Gasteiger partial charge in [-0.2, -0.15) is 0 Å². The van der Waals surface area contributed by atoms with Crippen LogP contribution in [0.5, 0.6) is 0 Å². The van der Waals surface area contributed by atoms with E-state index in [1.165, 1.54) is 51.4 Å². The molecule has 3 aliphatic rings. The lowest BCUT2D eigenvalue weighted by atomic mass is 9.77. The normalized spacial score (nSPS) is 36.2. The Morgan fingerprint density at radius 1 is 1.00 bits per heavy atom. The van der Waals surface area contributed by atoms with Crippen LogP contribution in [0.4, 0.5) is 0 Å². The number of hydrogen-bond donors (Lipinski definition) is 1. The Balaban J connectivity index is 1.64. The molecule has 4 rings (SSSR count). The van der Waals surface area contributed by atoms with E-state index in [4.69, 9.17) is 0 Å². The van der Waals surface area contributed by atoms with Crippen molar-refractivity contribution in [2.45, 2.75) is 75.5 Å². The Morgan fingerprint density at radius 2 is 1.76 bits per heavy atom. The SMILES string of the molecule is CNC1CC2CCCC(C1)N2C1CCCc2ccccc21. The van der Waals surface area contributed by atoms with Gasteiger partial charge in [-0.3, -0.25) is 4.90 Å². The predicted octanol–water partition coefficient (Wildman–Crippen LogP) is 3.67. The van der Waals surface area contributed by atoms with Gasteiger partial charge in [0.1, 0.15) is 0 Å². The zero-order valence-corrected chi connectivity index (χ0v) is 13.2. The highest BCUT2D eigenvalue weighted by atomic mass is 15.2. The average Bonchev–Trinajstić information content (AvgIpc) is 2.53. The fraction of sp³-hybridized carbons (Fsp3) is 0.684. The number of nitrogens with zero attached hydrogens (tertiary/aromatic N) is 1. The molecule has 114 valence electrons. The summed E-state index contributed by atoms with van der Waals surface area (Å²) in [6, 6.07) is 12.3. The van der Waals surface area contributed by atoms with Crippen molar-refractivity contribution in [1.82, 2.24) is 10.2 Å². The first-order valence-electron chi connectivity index (χ1n) is 8.89. The molecule has 3 atom stereocenters. The molecule has 0 spiro atoms. The van der Waals surface area contributed by atoms with Gasteiger partial charge in [-0.15, -0.1) is 0 Å². The topological polar surface area (TPSA) is 15.3 Å². The second kappa shape index (κ2) is 5.73. The molecular weight excluding hydrogens is 256 g/mol. The molecule has 2 heterocycles. The fourth-order valence-electron chi connectivity index (χ4n) is 5.20. The summed E-state index contributed by atoms with van der Waals surface area (Å²) in [5, 5.41) is 3.55. The molecule has 1 aliphatic carbocycles. The standard InChI is InChI=1S/C19H28N2/c1-20-15-12-16-8-5-9-17(13-15)21(16)19-11-4-7-14-6-2-3-10-18(14)19/h2-3,6,10,15-17,19-20H,4-5,7-9,11-13H2,1H3. The molecule has 2 saturated heterocycles. The minimum atomic E-state index is 0.697. The quantitative estimate of drug-likeness (QED) is 0.891. The van der Waals surface area contributed by atoms with Crippen LogP contribution >= 0.6 is 0 Å². The van der Waals surface area contributed by atoms with Crippen molar-refractivity contribution in [3.05, 3.63) is 35.4 Å². The highest BCUT2D eigenvalue weighted by Gasteiger charge is 2.42. The molecule has 21 heavy (non-hydrogen) atoms. The maximum atomic E-state index is 3.55. The summed E-state index contributed by atoms with van der Waals surface area (Å²) >= 11 is 0. The maximum absolute atomic E-state index is 3.55. The molecule has 1 N–H and O–H groups in total. The first-order valence-corrected chi connectivity index (χ1v) is 8.89. The van der Waals surface area contributed by atoms with Crippen molar-refractivity contribution in [2.75, 3.05) is 7.05 Å². The van der Waals surface area contributed by atoms with Gasteiger partial charge in [0.05, 0.1) is 0 Å². The summed E-state index contributed by atoms with van der Waals surface area (Å²) in [6.07, 6.45) is 11.0. The Hall–Kier alpha value is -0.860. The van der Waals surface area contributed by atoms with Crippen LogP contribution in [0.15, 0.2) is 24.3 Å². The van der Waals surface area contributed by atoms with E-state index in [1.807, 2.05) is 0 Å². The van der Waals surface area contributed by atoms with E-state index in [0.717, 1.165) is 18.1 Å². The van der Waals surface area contributed by atoms with Gasteiger partial charge in [0.25, 0.3) is 0 Å². The van der Waals surface area contributed by atoms with Crippen LogP contribution in [0.25, 0.3) is 0 Å². The molecule has 1 aromatic rings. The third kappa shape index (κ3) is 2.43. The fourth-order valence-corrected chi connectivity index (χ4v) is 5.20. The summed E-state index contributed by atoms with van der Waals surface area (Å²) in [4.78, 5) is 2.94. The molecule has 2 bridgehead atoms. The number of hydrogen-bond acceptors (Lipinski definition) is 2. The van der Waals surface area contributed by atoms with E-state index in [2.05, 4.69) is 41.5 Å². The van der Waals surface area contributed by atoms with Crippen LogP contribution in [0.3, 0.4) is 0 Å². The van der Waals surface area contributed by atoms with Crippen molar-refractivity contribution in [3.8, 4) is 0 Å². The van der Waals surface area contributed by atoms with Gasteiger partial charge in [0.2, 0.25) is 0 Å². The van der Waals surface area contributed by atoms with Gasteiger partial charge in [-0.1, -0.05) is 30.7 Å². The van der Waals surface area contributed by atoms with Crippen LogP contribution in [-0.2, 0) is 6.42 Å². The largest absolute Gasteiger partial charge is 0.317 e. The lowest BCUT2D eigenvalue weighted by molar-refractivity contribution is -0.0163. The van der Waals surface area contributed by atoms with Gasteiger partial charge in [-0.25, -0.2) is 0 Å². The van der Waals surface area contributed by atoms with Crippen LogP contribution in [-0.4, -0.2) is 30.1 Å². The lowest BCUT2D eigenvalue weighted by Gasteiger charge is -2.53. The number of aryl methyl sites for hydroxylation is 1. The number of fused-ring (bicyclic) bond motifs is 3. The van der Waals surface area contributed by atoms with Crippen LogP contribution in [0, 0.1) is 0 Å². The molecule has 3 unspecified atom stereocenters. The molecule has 2 fully saturated rings. The zero-order chi connectivity index (χ0) is 14.2. The molecule has 1 aromatic carbocycles. The van der Waals surface area contributed by atoms with E-state index >= 15 is 0 Å². The molecule has 0 amide bonds. The number of benzene rings is 1. The third-order valence-electron chi connectivity index (χ3n) is 6.14. The molecule has 0 saturated carbocycles. The van der Waals surface area contributed by atoms with Crippen LogP contribution < -0.4 is 5.32 Å². The lowest BCUT2D eigenvalue weighted by Crippen LogP contribution is -2.57. The Labute approximate surface area is 128 Å². The van der Waals surface area contributed by atoms with Gasteiger partial charge >= 0.3 is 0 Å². The molecule has 0 radical (unpaired) electrons. The average molecular weight is 284 g/mol.